The molecule has 0 saturated carbocycles. The smallest absolute Gasteiger partial charge is 0.127 e. The maximum Gasteiger partial charge on any atom is 0.127 e. The van der Waals surface area contributed by atoms with Gasteiger partial charge in [-0.1, -0.05) is 0 Å². The summed E-state index contributed by atoms with van der Waals surface area (Å²) in [6, 6.07) is 4.19. The summed E-state index contributed by atoms with van der Waals surface area (Å²) in [4.78, 5) is 9.02. The van der Waals surface area contributed by atoms with Crippen molar-refractivity contribution in [2.24, 2.45) is 5.92 Å². The summed E-state index contributed by atoms with van der Waals surface area (Å²) in [6.45, 7) is 3.61. The molecule has 0 spiro atoms. The Morgan fingerprint density at radius 1 is 1.44 bits per heavy atom. The van der Waals surface area contributed by atoms with Crippen LogP contribution in [-0.2, 0) is 0 Å². The molecule has 0 aromatic carbocycles. The molecule has 1 fully saturated rings. The lowest BCUT2D eigenvalue weighted by atomic mass is 9.96. The molecule has 4 heteroatoms. The number of aromatic nitrogens is 1. The van der Waals surface area contributed by atoms with Gasteiger partial charge in [-0.2, -0.15) is 0 Å². The van der Waals surface area contributed by atoms with Gasteiger partial charge in [-0.3, -0.25) is 0 Å². The minimum atomic E-state index is 0.817. The molecule has 0 unspecified atom stereocenters. The van der Waals surface area contributed by atoms with Crippen LogP contribution in [0.2, 0.25) is 0 Å². The van der Waals surface area contributed by atoms with Crippen LogP contribution in [0.1, 0.15) is 12.8 Å². The lowest BCUT2D eigenvalue weighted by molar-refractivity contribution is 0.222. The normalized spacial score (nSPS) is 17.7. The van der Waals surface area contributed by atoms with Gasteiger partial charge in [0.25, 0.3) is 0 Å². The van der Waals surface area contributed by atoms with Crippen molar-refractivity contribution in [3.63, 3.8) is 0 Å². The molecule has 0 atom stereocenters. The number of hydrogen-bond acceptors (Lipinski definition) is 4. The van der Waals surface area contributed by atoms with E-state index in [1.807, 2.05) is 13.2 Å². The van der Waals surface area contributed by atoms with E-state index in [0.29, 0.717) is 0 Å². The number of likely N-dealkylation sites (tertiary alicyclic amines) is 1. The molecule has 18 heavy (non-hydrogen) atoms. The van der Waals surface area contributed by atoms with Gasteiger partial charge in [0.2, 0.25) is 0 Å². The second-order valence-corrected chi connectivity index (χ2v) is 5.28. The molecule has 0 amide bonds. The van der Waals surface area contributed by atoms with Gasteiger partial charge in [0.05, 0.1) is 0 Å². The fourth-order valence-electron chi connectivity index (χ4n) is 2.53. The number of pyridine rings is 1. The molecule has 0 radical (unpaired) electrons. The van der Waals surface area contributed by atoms with Gasteiger partial charge in [0, 0.05) is 38.6 Å². The lowest BCUT2D eigenvalue weighted by Crippen LogP contribution is -2.35. The first-order chi connectivity index (χ1) is 8.69. The predicted molar refractivity (Wildman–Crippen MR) is 77.3 cm³/mol. The van der Waals surface area contributed by atoms with Crippen LogP contribution in [0, 0.1) is 5.92 Å². The third-order valence-electron chi connectivity index (χ3n) is 3.81. The zero-order valence-electron chi connectivity index (χ0n) is 11.7. The fraction of sp³-hybridized carbons (Fsp3) is 0.643. The topological polar surface area (TPSA) is 31.4 Å². The molecule has 0 aliphatic carbocycles. The van der Waals surface area contributed by atoms with E-state index in [2.05, 4.69) is 46.3 Å². The van der Waals surface area contributed by atoms with E-state index in [-0.39, 0.29) is 0 Å². The van der Waals surface area contributed by atoms with Gasteiger partial charge < -0.3 is 15.1 Å². The van der Waals surface area contributed by atoms with E-state index in [1.54, 1.807) is 0 Å². The lowest BCUT2D eigenvalue weighted by Gasteiger charge is -2.32. The molecule has 2 rings (SSSR count). The summed E-state index contributed by atoms with van der Waals surface area (Å²) < 4.78 is 0. The largest absolute Gasteiger partial charge is 0.374 e. The van der Waals surface area contributed by atoms with E-state index in [9.17, 15) is 0 Å². The van der Waals surface area contributed by atoms with E-state index in [0.717, 1.165) is 18.3 Å². The van der Waals surface area contributed by atoms with Gasteiger partial charge >= 0.3 is 0 Å². The van der Waals surface area contributed by atoms with Crippen LogP contribution < -0.4 is 10.2 Å². The van der Waals surface area contributed by atoms with Crippen molar-refractivity contribution < 1.29 is 0 Å². The monoisotopic (exact) mass is 248 g/mol. The van der Waals surface area contributed by atoms with Crippen LogP contribution in [0.25, 0.3) is 0 Å². The quantitative estimate of drug-likeness (QED) is 0.882. The highest BCUT2D eigenvalue weighted by Crippen LogP contribution is 2.21. The number of nitrogens with zero attached hydrogens (tertiary/aromatic N) is 3. The second kappa shape index (κ2) is 6.05. The summed E-state index contributed by atoms with van der Waals surface area (Å²) in [5, 5.41) is 3.09. The van der Waals surface area contributed by atoms with E-state index >= 15 is 0 Å². The molecule has 1 aromatic heterocycles. The van der Waals surface area contributed by atoms with Crippen LogP contribution in [0.15, 0.2) is 18.3 Å². The van der Waals surface area contributed by atoms with Crippen LogP contribution in [0.5, 0.6) is 0 Å². The molecule has 1 aliphatic rings. The van der Waals surface area contributed by atoms with Crippen molar-refractivity contribution in [2.75, 3.05) is 51.0 Å². The Balaban J connectivity index is 1.92. The van der Waals surface area contributed by atoms with Gasteiger partial charge in [-0.25, -0.2) is 4.98 Å². The number of rotatable bonds is 4. The molecule has 1 aromatic rings. The van der Waals surface area contributed by atoms with Gasteiger partial charge in [0.1, 0.15) is 5.82 Å². The zero-order chi connectivity index (χ0) is 13.0. The van der Waals surface area contributed by atoms with Crippen molar-refractivity contribution in [3.8, 4) is 0 Å². The highest BCUT2D eigenvalue weighted by atomic mass is 15.1. The number of anilines is 2. The highest BCUT2D eigenvalue weighted by molar-refractivity contribution is 5.53. The van der Waals surface area contributed by atoms with Crippen LogP contribution in [-0.4, -0.2) is 50.7 Å². The third kappa shape index (κ3) is 3.35. The van der Waals surface area contributed by atoms with Crippen molar-refractivity contribution in [2.45, 2.75) is 12.8 Å². The summed E-state index contributed by atoms with van der Waals surface area (Å²) in [5.74, 6) is 1.75. The molecule has 2 heterocycles. The Kier molecular flexibility index (Phi) is 4.42. The standard InChI is InChI=1S/C14H24N4/c1-15-14-10-13(4-7-16-14)18(3)11-12-5-8-17(2)9-6-12/h4,7,10,12H,5-6,8-9,11H2,1-3H3,(H,15,16). The maximum atomic E-state index is 4.25. The Morgan fingerprint density at radius 2 is 2.17 bits per heavy atom. The maximum absolute atomic E-state index is 4.25. The van der Waals surface area contributed by atoms with Crippen LogP contribution in [0.4, 0.5) is 11.5 Å². The molecule has 1 saturated heterocycles. The summed E-state index contributed by atoms with van der Waals surface area (Å²) in [7, 11) is 6.29. The van der Waals surface area contributed by atoms with Crippen LogP contribution >= 0.6 is 0 Å². The number of hydrogen-bond donors (Lipinski definition) is 1. The van der Waals surface area contributed by atoms with Crippen molar-refractivity contribution in [3.05, 3.63) is 18.3 Å². The van der Waals surface area contributed by atoms with Crippen molar-refractivity contribution >= 4 is 11.5 Å². The van der Waals surface area contributed by atoms with Crippen LogP contribution in [0.3, 0.4) is 0 Å². The molecular weight excluding hydrogens is 224 g/mol. The predicted octanol–water partition coefficient (Wildman–Crippen LogP) is 1.90. The van der Waals surface area contributed by atoms with Crippen molar-refractivity contribution in [1.82, 2.24) is 9.88 Å². The minimum Gasteiger partial charge on any atom is -0.374 e. The molecule has 1 aliphatic heterocycles. The zero-order valence-corrected chi connectivity index (χ0v) is 11.7. The summed E-state index contributed by atoms with van der Waals surface area (Å²) in [5.41, 5.74) is 1.24. The minimum absolute atomic E-state index is 0.817. The number of piperidine rings is 1. The van der Waals surface area contributed by atoms with E-state index in [1.165, 1.54) is 31.6 Å². The van der Waals surface area contributed by atoms with E-state index in [4.69, 9.17) is 0 Å². The Bertz CT molecular complexity index is 372. The third-order valence-corrected chi connectivity index (χ3v) is 3.81. The SMILES string of the molecule is CNc1cc(N(C)CC2CCN(C)CC2)ccn1. The van der Waals surface area contributed by atoms with Gasteiger partial charge in [-0.15, -0.1) is 0 Å². The summed E-state index contributed by atoms with van der Waals surface area (Å²) >= 11 is 0. The average molecular weight is 248 g/mol. The first-order valence-electron chi connectivity index (χ1n) is 6.72. The Hall–Kier alpha value is -1.29. The van der Waals surface area contributed by atoms with Gasteiger partial charge in [0.15, 0.2) is 0 Å². The summed E-state index contributed by atoms with van der Waals surface area (Å²) in [6.07, 6.45) is 4.49. The van der Waals surface area contributed by atoms with Gasteiger partial charge in [-0.05, 0) is 45.0 Å². The first kappa shape index (κ1) is 13.1. The Labute approximate surface area is 110 Å². The van der Waals surface area contributed by atoms with Crippen molar-refractivity contribution in [1.29, 1.82) is 0 Å². The molecule has 0 bridgehead atoms. The second-order valence-electron chi connectivity index (χ2n) is 5.28. The molecule has 4 nitrogen and oxygen atoms in total. The molecule has 100 valence electrons. The Morgan fingerprint density at radius 3 is 2.83 bits per heavy atom. The molecular formula is C14H24N4. The number of nitrogens with one attached hydrogen (secondary N) is 1. The highest BCUT2D eigenvalue weighted by Gasteiger charge is 2.18. The first-order valence-corrected chi connectivity index (χ1v) is 6.72. The van der Waals surface area contributed by atoms with E-state index < -0.39 is 0 Å². The average Bonchev–Trinajstić information content (AvgIpc) is 2.41. The fourth-order valence-corrected chi connectivity index (χ4v) is 2.53. The molecule has 1 N–H and O–H groups in total.